The molecule has 0 aliphatic carbocycles. The second kappa shape index (κ2) is 5.52. The summed E-state index contributed by atoms with van der Waals surface area (Å²) in [6, 6.07) is 2.02. The molecule has 4 nitrogen and oxygen atoms in total. The molecule has 20 heavy (non-hydrogen) atoms. The fourth-order valence-corrected chi connectivity index (χ4v) is 1.88. The summed E-state index contributed by atoms with van der Waals surface area (Å²) in [5.41, 5.74) is -0.733. The summed E-state index contributed by atoms with van der Waals surface area (Å²) < 4.78 is 40.3. The van der Waals surface area contributed by atoms with Crippen molar-refractivity contribution in [3.8, 4) is 5.82 Å². The normalized spacial score (nSPS) is 11.7. The Hall–Kier alpha value is -2.05. The van der Waals surface area contributed by atoms with Gasteiger partial charge in [-0.1, -0.05) is 6.92 Å². The molecule has 0 amide bonds. The van der Waals surface area contributed by atoms with Crippen LogP contribution in [0.1, 0.15) is 24.7 Å². The summed E-state index contributed by atoms with van der Waals surface area (Å²) in [4.78, 5) is 8.31. The van der Waals surface area contributed by atoms with Crippen LogP contribution >= 0.6 is 0 Å². The molecule has 2 aromatic rings. The molecule has 0 aromatic carbocycles. The number of nitrogens with one attached hydrogen (secondary N) is 1. The lowest BCUT2D eigenvalue weighted by molar-refractivity contribution is -0.137. The zero-order valence-corrected chi connectivity index (χ0v) is 11.2. The maximum absolute atomic E-state index is 12.9. The number of rotatable bonds is 4. The van der Waals surface area contributed by atoms with E-state index in [2.05, 4.69) is 15.3 Å². The number of aryl methyl sites for hydroxylation is 1. The lowest BCUT2D eigenvalue weighted by Crippen LogP contribution is -2.10. The molecule has 0 aliphatic heterocycles. The fourth-order valence-electron chi connectivity index (χ4n) is 1.88. The van der Waals surface area contributed by atoms with E-state index < -0.39 is 11.7 Å². The van der Waals surface area contributed by atoms with Gasteiger partial charge in [0.2, 0.25) is 0 Å². The highest BCUT2D eigenvalue weighted by Crippen LogP contribution is 2.31. The van der Waals surface area contributed by atoms with E-state index in [0.717, 1.165) is 18.6 Å². The van der Waals surface area contributed by atoms with E-state index >= 15 is 0 Å². The average Bonchev–Trinajstić information content (AvgIpc) is 2.86. The van der Waals surface area contributed by atoms with Crippen molar-refractivity contribution in [2.75, 3.05) is 12.4 Å². The van der Waals surface area contributed by atoms with Gasteiger partial charge in [-0.15, -0.1) is 0 Å². The van der Waals surface area contributed by atoms with Crippen LogP contribution in [0.3, 0.4) is 0 Å². The third kappa shape index (κ3) is 2.92. The minimum Gasteiger partial charge on any atom is -0.373 e. The Labute approximate surface area is 114 Å². The van der Waals surface area contributed by atoms with Crippen molar-refractivity contribution in [2.45, 2.75) is 25.9 Å². The summed E-state index contributed by atoms with van der Waals surface area (Å²) in [6.45, 7) is 1.98. The summed E-state index contributed by atoms with van der Waals surface area (Å²) in [6.07, 6.45) is 0.308. The van der Waals surface area contributed by atoms with Crippen LogP contribution in [0.5, 0.6) is 0 Å². The maximum Gasteiger partial charge on any atom is 0.416 e. The lowest BCUT2D eigenvalue weighted by Gasteiger charge is -2.13. The van der Waals surface area contributed by atoms with Crippen LogP contribution in [0.15, 0.2) is 24.5 Å². The molecule has 0 saturated heterocycles. The molecule has 0 aliphatic rings. The van der Waals surface area contributed by atoms with Crippen LogP contribution in [-0.4, -0.2) is 21.6 Å². The van der Waals surface area contributed by atoms with Crippen LogP contribution in [0.2, 0.25) is 0 Å². The molecule has 7 heteroatoms. The molecule has 1 N–H and O–H groups in total. The molecular weight excluding hydrogens is 269 g/mol. The SMILES string of the molecule is CCCc1nccn1-c1cc(C(F)(F)F)cc(NC)n1. The van der Waals surface area contributed by atoms with Crippen molar-refractivity contribution < 1.29 is 13.2 Å². The second-order valence-corrected chi connectivity index (χ2v) is 4.31. The molecule has 0 spiro atoms. The van der Waals surface area contributed by atoms with Crippen LogP contribution in [-0.2, 0) is 12.6 Å². The smallest absolute Gasteiger partial charge is 0.373 e. The molecule has 2 rings (SSSR count). The highest BCUT2D eigenvalue weighted by molar-refractivity contribution is 5.45. The largest absolute Gasteiger partial charge is 0.416 e. The zero-order chi connectivity index (χ0) is 14.8. The molecule has 0 bridgehead atoms. The number of hydrogen-bond acceptors (Lipinski definition) is 3. The van der Waals surface area contributed by atoms with E-state index in [4.69, 9.17) is 0 Å². The first-order valence-electron chi connectivity index (χ1n) is 6.25. The van der Waals surface area contributed by atoms with Gasteiger partial charge < -0.3 is 5.32 Å². The molecule has 2 heterocycles. The van der Waals surface area contributed by atoms with Gasteiger partial charge in [0.1, 0.15) is 17.5 Å². The van der Waals surface area contributed by atoms with Crippen molar-refractivity contribution in [2.24, 2.45) is 0 Å². The first kappa shape index (κ1) is 14.4. The Bertz CT molecular complexity index is 590. The molecule has 0 saturated carbocycles. The van der Waals surface area contributed by atoms with Crippen LogP contribution < -0.4 is 5.32 Å². The van der Waals surface area contributed by atoms with Crippen molar-refractivity contribution in [1.82, 2.24) is 14.5 Å². The Morgan fingerprint density at radius 3 is 2.65 bits per heavy atom. The number of halogens is 3. The van der Waals surface area contributed by atoms with E-state index in [1.165, 1.54) is 7.05 Å². The predicted octanol–water partition coefficient (Wildman–Crippen LogP) is 3.28. The number of pyridine rings is 1. The summed E-state index contributed by atoms with van der Waals surface area (Å²) in [5.74, 6) is 1.08. The highest BCUT2D eigenvalue weighted by Gasteiger charge is 2.32. The van der Waals surface area contributed by atoms with Crippen molar-refractivity contribution in [1.29, 1.82) is 0 Å². The van der Waals surface area contributed by atoms with Gasteiger partial charge in [-0.05, 0) is 18.6 Å². The van der Waals surface area contributed by atoms with Crippen LogP contribution in [0.4, 0.5) is 19.0 Å². The van der Waals surface area contributed by atoms with E-state index in [9.17, 15) is 13.2 Å². The Kier molecular flexibility index (Phi) is 3.96. The van der Waals surface area contributed by atoms with Crippen molar-refractivity contribution in [3.05, 3.63) is 35.9 Å². The number of nitrogens with zero attached hydrogens (tertiary/aromatic N) is 3. The Balaban J connectivity index is 2.53. The van der Waals surface area contributed by atoms with Gasteiger partial charge in [-0.25, -0.2) is 9.97 Å². The monoisotopic (exact) mass is 284 g/mol. The first-order chi connectivity index (χ1) is 9.45. The molecule has 108 valence electrons. The minimum absolute atomic E-state index is 0.172. The Morgan fingerprint density at radius 1 is 1.30 bits per heavy atom. The van der Waals surface area contributed by atoms with Gasteiger partial charge in [0.15, 0.2) is 0 Å². The topological polar surface area (TPSA) is 42.7 Å². The standard InChI is InChI=1S/C13H15F3N4/c1-3-4-11-18-5-6-20(11)12-8-9(13(14,15)16)7-10(17-2)19-12/h5-8H,3-4H2,1-2H3,(H,17,19). The first-order valence-corrected chi connectivity index (χ1v) is 6.25. The summed E-state index contributed by atoms with van der Waals surface area (Å²) in [5, 5.41) is 2.65. The van der Waals surface area contributed by atoms with Gasteiger partial charge in [-0.2, -0.15) is 13.2 Å². The molecule has 0 fully saturated rings. The number of aromatic nitrogens is 3. The lowest BCUT2D eigenvalue weighted by atomic mass is 10.2. The number of hydrogen-bond donors (Lipinski definition) is 1. The number of alkyl halides is 3. The Morgan fingerprint density at radius 2 is 2.05 bits per heavy atom. The molecule has 0 unspecified atom stereocenters. The molecule has 2 aromatic heterocycles. The number of anilines is 1. The third-order valence-electron chi connectivity index (χ3n) is 2.83. The van der Waals surface area contributed by atoms with Gasteiger partial charge >= 0.3 is 6.18 Å². The predicted molar refractivity (Wildman–Crippen MR) is 69.9 cm³/mol. The molecular formula is C13H15F3N4. The van der Waals surface area contributed by atoms with E-state index in [-0.39, 0.29) is 11.6 Å². The number of imidazole rings is 1. The molecule has 0 radical (unpaired) electrons. The van der Waals surface area contributed by atoms with Crippen molar-refractivity contribution >= 4 is 5.82 Å². The zero-order valence-electron chi connectivity index (χ0n) is 11.2. The van der Waals surface area contributed by atoms with Gasteiger partial charge in [0.05, 0.1) is 5.56 Å². The van der Waals surface area contributed by atoms with Crippen LogP contribution in [0, 0.1) is 0 Å². The van der Waals surface area contributed by atoms with Gasteiger partial charge in [0.25, 0.3) is 0 Å². The van der Waals surface area contributed by atoms with E-state index in [1.807, 2.05) is 6.92 Å². The van der Waals surface area contributed by atoms with Gasteiger partial charge in [-0.3, -0.25) is 4.57 Å². The average molecular weight is 284 g/mol. The summed E-state index contributed by atoms with van der Waals surface area (Å²) in [7, 11) is 1.53. The van der Waals surface area contributed by atoms with Crippen molar-refractivity contribution in [3.63, 3.8) is 0 Å². The third-order valence-corrected chi connectivity index (χ3v) is 2.83. The summed E-state index contributed by atoms with van der Waals surface area (Å²) >= 11 is 0. The van der Waals surface area contributed by atoms with Gasteiger partial charge in [0, 0.05) is 25.9 Å². The van der Waals surface area contributed by atoms with E-state index in [1.54, 1.807) is 17.0 Å². The highest BCUT2D eigenvalue weighted by atomic mass is 19.4. The fraction of sp³-hybridized carbons (Fsp3) is 0.385. The quantitative estimate of drug-likeness (QED) is 0.937. The maximum atomic E-state index is 12.9. The van der Waals surface area contributed by atoms with Crippen LogP contribution in [0.25, 0.3) is 5.82 Å². The minimum atomic E-state index is -4.41. The second-order valence-electron chi connectivity index (χ2n) is 4.31. The van der Waals surface area contributed by atoms with E-state index in [0.29, 0.717) is 12.2 Å². The molecule has 0 atom stereocenters.